The molecule has 1 saturated heterocycles. The molecule has 0 spiro atoms. The first kappa shape index (κ1) is 26.8. The molecule has 196 valence electrons. The summed E-state index contributed by atoms with van der Waals surface area (Å²) in [6, 6.07) is 15.5. The van der Waals surface area contributed by atoms with Crippen molar-refractivity contribution in [3.63, 3.8) is 0 Å². The predicted molar refractivity (Wildman–Crippen MR) is 137 cm³/mol. The highest BCUT2D eigenvalue weighted by Gasteiger charge is 2.34. The van der Waals surface area contributed by atoms with Gasteiger partial charge in [-0.25, -0.2) is 9.97 Å². The van der Waals surface area contributed by atoms with Crippen LogP contribution in [0.25, 0.3) is 0 Å². The maximum absolute atomic E-state index is 13.7. The van der Waals surface area contributed by atoms with Crippen LogP contribution in [-0.4, -0.2) is 40.4 Å². The number of nitrogens with two attached hydrogens (primary N) is 1. The molecule has 8 heteroatoms. The number of likely N-dealkylation sites (tertiary alicyclic amines) is 1. The second-order valence-electron chi connectivity index (χ2n) is 9.68. The topological polar surface area (TPSA) is 72.1 Å². The van der Waals surface area contributed by atoms with Gasteiger partial charge in [0.15, 0.2) is 0 Å². The Morgan fingerprint density at radius 3 is 2.32 bits per heavy atom. The number of aryl methyl sites for hydroxylation is 2. The molecule has 0 radical (unpaired) electrons. The van der Waals surface area contributed by atoms with E-state index < -0.39 is 17.6 Å². The highest BCUT2D eigenvalue weighted by Crippen LogP contribution is 2.32. The molecule has 2 aromatic carbocycles. The van der Waals surface area contributed by atoms with Gasteiger partial charge in [0.2, 0.25) is 5.91 Å². The Morgan fingerprint density at radius 1 is 1.03 bits per heavy atom. The van der Waals surface area contributed by atoms with Crippen LogP contribution in [0, 0.1) is 0 Å². The summed E-state index contributed by atoms with van der Waals surface area (Å²) in [5.41, 5.74) is 8.25. The van der Waals surface area contributed by atoms with Crippen LogP contribution in [0.1, 0.15) is 65.0 Å². The average molecular weight is 511 g/mol. The molecule has 0 atom stereocenters. The van der Waals surface area contributed by atoms with Crippen LogP contribution in [-0.2, 0) is 36.7 Å². The van der Waals surface area contributed by atoms with E-state index in [2.05, 4.69) is 33.9 Å². The van der Waals surface area contributed by atoms with E-state index in [1.54, 1.807) is 24.3 Å². The minimum atomic E-state index is -4.55. The van der Waals surface area contributed by atoms with E-state index in [9.17, 15) is 18.0 Å². The number of aromatic nitrogens is 2. The first-order valence-electron chi connectivity index (χ1n) is 12.8. The molecular formula is C29H33F3N4O. The van der Waals surface area contributed by atoms with E-state index in [4.69, 9.17) is 5.73 Å². The highest BCUT2D eigenvalue weighted by atomic mass is 19.4. The number of carbonyl (C=O) groups excluding carboxylic acids is 1. The van der Waals surface area contributed by atoms with Crippen molar-refractivity contribution in [1.29, 1.82) is 0 Å². The van der Waals surface area contributed by atoms with Crippen LogP contribution in [0.4, 0.5) is 13.2 Å². The quantitative estimate of drug-likeness (QED) is 0.435. The maximum atomic E-state index is 13.7. The lowest BCUT2D eigenvalue weighted by Crippen LogP contribution is -2.32. The zero-order valence-corrected chi connectivity index (χ0v) is 21.1. The fourth-order valence-electron chi connectivity index (χ4n) is 5.06. The maximum Gasteiger partial charge on any atom is 0.419 e. The van der Waals surface area contributed by atoms with E-state index in [0.717, 1.165) is 55.4 Å². The predicted octanol–water partition coefficient (Wildman–Crippen LogP) is 5.10. The van der Waals surface area contributed by atoms with Gasteiger partial charge in [-0.2, -0.15) is 13.2 Å². The summed E-state index contributed by atoms with van der Waals surface area (Å²) < 4.78 is 41.1. The molecule has 1 aromatic heterocycles. The van der Waals surface area contributed by atoms with Crippen molar-refractivity contribution in [2.24, 2.45) is 5.73 Å². The van der Waals surface area contributed by atoms with E-state index in [1.165, 1.54) is 5.56 Å². The number of primary amides is 1. The lowest BCUT2D eigenvalue weighted by Gasteiger charge is -2.31. The van der Waals surface area contributed by atoms with E-state index in [-0.39, 0.29) is 18.5 Å². The van der Waals surface area contributed by atoms with Crippen molar-refractivity contribution in [1.82, 2.24) is 14.9 Å². The fraction of sp³-hybridized carbons (Fsp3) is 0.414. The van der Waals surface area contributed by atoms with Gasteiger partial charge in [0, 0.05) is 12.6 Å². The summed E-state index contributed by atoms with van der Waals surface area (Å²) >= 11 is 0. The van der Waals surface area contributed by atoms with Gasteiger partial charge < -0.3 is 10.6 Å². The summed E-state index contributed by atoms with van der Waals surface area (Å²) in [6.07, 6.45) is -0.576. The van der Waals surface area contributed by atoms with Crippen molar-refractivity contribution in [3.8, 4) is 0 Å². The second-order valence-corrected chi connectivity index (χ2v) is 9.68. The number of nitrogens with zero attached hydrogens (tertiary/aromatic N) is 3. The molecule has 1 amide bonds. The van der Waals surface area contributed by atoms with Crippen molar-refractivity contribution < 1.29 is 18.0 Å². The number of alkyl halides is 3. The molecule has 1 aliphatic rings. The third-order valence-corrected chi connectivity index (χ3v) is 7.19. The largest absolute Gasteiger partial charge is 0.419 e. The van der Waals surface area contributed by atoms with E-state index in [0.29, 0.717) is 24.6 Å². The fourth-order valence-corrected chi connectivity index (χ4v) is 5.06. The zero-order chi connectivity index (χ0) is 26.4. The van der Waals surface area contributed by atoms with Crippen LogP contribution in [0.2, 0.25) is 0 Å². The molecule has 4 rings (SSSR count). The normalized spacial score (nSPS) is 15.1. The Labute approximate surface area is 215 Å². The summed E-state index contributed by atoms with van der Waals surface area (Å²) in [6.45, 7) is 5.49. The van der Waals surface area contributed by atoms with Crippen LogP contribution in [0.15, 0.2) is 54.7 Å². The van der Waals surface area contributed by atoms with Gasteiger partial charge >= 0.3 is 6.18 Å². The van der Waals surface area contributed by atoms with Gasteiger partial charge in [-0.05, 0) is 73.5 Å². The number of halogens is 3. The molecule has 0 bridgehead atoms. The standard InChI is InChI=1S/C29H33F3N4O/c1-2-36-15-13-23(14-16-36)22-9-7-20(8-10-22)17-28-34-19-25(29(30,31)32)26(35-28)12-11-21-5-3-4-6-24(21)18-27(33)37/h3-10,19,23H,2,11-18H2,1H3,(H2,33,37). The molecule has 5 nitrogen and oxygen atoms in total. The third-order valence-electron chi connectivity index (χ3n) is 7.19. The minimum absolute atomic E-state index is 0.0364. The van der Waals surface area contributed by atoms with Crippen LogP contribution in [0.3, 0.4) is 0 Å². The smallest absolute Gasteiger partial charge is 0.369 e. The van der Waals surface area contributed by atoms with E-state index >= 15 is 0 Å². The number of amides is 1. The van der Waals surface area contributed by atoms with Gasteiger partial charge in [0.25, 0.3) is 0 Å². The van der Waals surface area contributed by atoms with Crippen LogP contribution >= 0.6 is 0 Å². The number of benzene rings is 2. The van der Waals surface area contributed by atoms with Crippen molar-refractivity contribution >= 4 is 5.91 Å². The van der Waals surface area contributed by atoms with Gasteiger partial charge in [-0.15, -0.1) is 0 Å². The summed E-state index contributed by atoms with van der Waals surface area (Å²) in [5, 5.41) is 0. The van der Waals surface area contributed by atoms with Gasteiger partial charge in [0.05, 0.1) is 17.7 Å². The number of hydrogen-bond donors (Lipinski definition) is 1. The second kappa shape index (κ2) is 11.9. The monoisotopic (exact) mass is 510 g/mol. The molecule has 2 heterocycles. The molecule has 3 aromatic rings. The molecule has 0 saturated carbocycles. The Kier molecular flexibility index (Phi) is 8.59. The van der Waals surface area contributed by atoms with Crippen molar-refractivity contribution in [2.45, 2.75) is 57.5 Å². The molecule has 2 N–H and O–H groups in total. The first-order valence-corrected chi connectivity index (χ1v) is 12.8. The summed E-state index contributed by atoms with van der Waals surface area (Å²) in [4.78, 5) is 22.2. The summed E-state index contributed by atoms with van der Waals surface area (Å²) in [5.74, 6) is 0.422. The van der Waals surface area contributed by atoms with Gasteiger partial charge in [-0.1, -0.05) is 55.5 Å². The van der Waals surface area contributed by atoms with Crippen LogP contribution in [0.5, 0.6) is 0 Å². The zero-order valence-electron chi connectivity index (χ0n) is 21.1. The minimum Gasteiger partial charge on any atom is -0.369 e. The molecule has 0 aliphatic carbocycles. The Bertz CT molecular complexity index is 1200. The average Bonchev–Trinajstić information content (AvgIpc) is 2.88. The van der Waals surface area contributed by atoms with Gasteiger partial charge in [0.1, 0.15) is 5.82 Å². The number of piperidine rings is 1. The van der Waals surface area contributed by atoms with Crippen LogP contribution < -0.4 is 5.73 Å². The SMILES string of the molecule is CCN1CCC(c2ccc(Cc3ncc(C(F)(F)F)c(CCc4ccccc4CC(N)=O)n3)cc2)CC1. The summed E-state index contributed by atoms with van der Waals surface area (Å²) in [7, 11) is 0. The molecule has 37 heavy (non-hydrogen) atoms. The molecular weight excluding hydrogens is 477 g/mol. The molecule has 1 fully saturated rings. The lowest BCUT2D eigenvalue weighted by atomic mass is 9.89. The number of rotatable bonds is 9. The van der Waals surface area contributed by atoms with Crippen molar-refractivity contribution in [2.75, 3.05) is 19.6 Å². The Hall–Kier alpha value is -3.26. The molecule has 0 unspecified atom stereocenters. The van der Waals surface area contributed by atoms with Gasteiger partial charge in [-0.3, -0.25) is 4.79 Å². The Morgan fingerprint density at radius 2 is 1.70 bits per heavy atom. The number of carbonyl (C=O) groups is 1. The molecule has 1 aliphatic heterocycles. The third kappa shape index (κ3) is 7.16. The van der Waals surface area contributed by atoms with E-state index in [1.807, 2.05) is 12.1 Å². The Balaban J connectivity index is 1.48. The van der Waals surface area contributed by atoms with Crippen molar-refractivity contribution in [3.05, 3.63) is 94.1 Å². The first-order chi connectivity index (χ1) is 17.7. The highest BCUT2D eigenvalue weighted by molar-refractivity contribution is 5.77. The number of hydrogen-bond acceptors (Lipinski definition) is 4. The lowest BCUT2D eigenvalue weighted by molar-refractivity contribution is -0.138.